The summed E-state index contributed by atoms with van der Waals surface area (Å²) in [5.74, 6) is -0.0200. The first kappa shape index (κ1) is 17.5. The molecule has 0 aliphatic carbocycles. The summed E-state index contributed by atoms with van der Waals surface area (Å²) in [6, 6.07) is 16.8. The van der Waals surface area contributed by atoms with Crippen molar-refractivity contribution in [2.75, 3.05) is 13.2 Å². The molecule has 2 rings (SSSR count). The van der Waals surface area contributed by atoms with Gasteiger partial charge < -0.3 is 15.8 Å². The molecule has 0 saturated heterocycles. The molecule has 0 spiro atoms. The standard InChI is InChI=1S/C19H22N2O3/c1-2-14(15-7-4-3-5-8-15)12-21-19(23)16-9-6-10-17(11-16)24-13-18(20)22/h3-11,14H,2,12-13H2,1H3,(H2,20,22)(H,21,23). The second-order valence-corrected chi connectivity index (χ2v) is 5.51. The molecule has 5 heteroatoms. The molecule has 5 nitrogen and oxygen atoms in total. The van der Waals surface area contributed by atoms with Crippen molar-refractivity contribution >= 4 is 11.8 Å². The van der Waals surface area contributed by atoms with E-state index in [1.165, 1.54) is 5.56 Å². The van der Waals surface area contributed by atoms with Gasteiger partial charge in [-0.2, -0.15) is 0 Å². The number of rotatable bonds is 8. The molecule has 0 aromatic heterocycles. The van der Waals surface area contributed by atoms with Crippen LogP contribution in [0.1, 0.15) is 35.2 Å². The van der Waals surface area contributed by atoms with E-state index in [-0.39, 0.29) is 18.4 Å². The minimum atomic E-state index is -0.557. The molecule has 0 bridgehead atoms. The zero-order valence-corrected chi connectivity index (χ0v) is 13.7. The van der Waals surface area contributed by atoms with Gasteiger partial charge >= 0.3 is 0 Å². The summed E-state index contributed by atoms with van der Waals surface area (Å²) >= 11 is 0. The Balaban J connectivity index is 1.96. The van der Waals surface area contributed by atoms with Crippen LogP contribution in [0.25, 0.3) is 0 Å². The third kappa shape index (κ3) is 5.12. The van der Waals surface area contributed by atoms with Crippen LogP contribution in [0.3, 0.4) is 0 Å². The molecule has 3 N–H and O–H groups in total. The monoisotopic (exact) mass is 326 g/mol. The van der Waals surface area contributed by atoms with Crippen molar-refractivity contribution in [2.45, 2.75) is 19.3 Å². The minimum Gasteiger partial charge on any atom is -0.484 e. The number of nitrogens with one attached hydrogen (secondary N) is 1. The average Bonchev–Trinajstić information content (AvgIpc) is 2.61. The molecule has 0 aliphatic heterocycles. The Morgan fingerprint density at radius 1 is 1.12 bits per heavy atom. The van der Waals surface area contributed by atoms with Crippen LogP contribution in [-0.4, -0.2) is 25.0 Å². The first-order chi connectivity index (χ1) is 11.6. The number of hydrogen-bond donors (Lipinski definition) is 2. The largest absolute Gasteiger partial charge is 0.484 e. The second-order valence-electron chi connectivity index (χ2n) is 5.51. The zero-order valence-electron chi connectivity index (χ0n) is 13.7. The van der Waals surface area contributed by atoms with Crippen LogP contribution in [0, 0.1) is 0 Å². The lowest BCUT2D eigenvalue weighted by Crippen LogP contribution is -2.28. The Labute approximate surface area is 141 Å². The molecule has 1 unspecified atom stereocenters. The van der Waals surface area contributed by atoms with Crippen molar-refractivity contribution < 1.29 is 14.3 Å². The van der Waals surface area contributed by atoms with Gasteiger partial charge in [0.1, 0.15) is 5.75 Å². The molecule has 0 aliphatic rings. The molecule has 2 amide bonds. The molecule has 0 saturated carbocycles. The molecule has 0 fully saturated rings. The third-order valence-electron chi connectivity index (χ3n) is 3.75. The smallest absolute Gasteiger partial charge is 0.255 e. The maximum Gasteiger partial charge on any atom is 0.255 e. The molecular formula is C19H22N2O3. The van der Waals surface area contributed by atoms with E-state index in [0.717, 1.165) is 6.42 Å². The van der Waals surface area contributed by atoms with Crippen molar-refractivity contribution in [3.05, 3.63) is 65.7 Å². The summed E-state index contributed by atoms with van der Waals surface area (Å²) in [6.45, 7) is 2.45. The van der Waals surface area contributed by atoms with Gasteiger partial charge in [-0.15, -0.1) is 0 Å². The quantitative estimate of drug-likeness (QED) is 0.782. The van der Waals surface area contributed by atoms with E-state index >= 15 is 0 Å². The summed E-state index contributed by atoms with van der Waals surface area (Å²) in [6.07, 6.45) is 0.937. The van der Waals surface area contributed by atoms with E-state index in [9.17, 15) is 9.59 Å². The Hall–Kier alpha value is -2.82. The summed E-state index contributed by atoms with van der Waals surface area (Å²) in [5, 5.41) is 2.95. The van der Waals surface area contributed by atoms with E-state index in [1.54, 1.807) is 24.3 Å². The van der Waals surface area contributed by atoms with Crippen LogP contribution >= 0.6 is 0 Å². The minimum absolute atomic E-state index is 0.172. The number of benzene rings is 2. The van der Waals surface area contributed by atoms with Crippen molar-refractivity contribution in [2.24, 2.45) is 5.73 Å². The lowest BCUT2D eigenvalue weighted by Gasteiger charge is -2.16. The van der Waals surface area contributed by atoms with Gasteiger partial charge in [-0.25, -0.2) is 0 Å². The number of amides is 2. The van der Waals surface area contributed by atoms with Crippen LogP contribution in [-0.2, 0) is 4.79 Å². The van der Waals surface area contributed by atoms with Crippen LogP contribution in [0.4, 0.5) is 0 Å². The predicted molar refractivity (Wildman–Crippen MR) is 92.9 cm³/mol. The highest BCUT2D eigenvalue weighted by molar-refractivity contribution is 5.94. The number of primary amides is 1. The number of nitrogens with two attached hydrogens (primary N) is 1. The molecule has 24 heavy (non-hydrogen) atoms. The van der Waals surface area contributed by atoms with E-state index in [0.29, 0.717) is 17.9 Å². The average molecular weight is 326 g/mol. The summed E-state index contributed by atoms with van der Waals surface area (Å²) in [4.78, 5) is 23.1. The zero-order chi connectivity index (χ0) is 17.4. The normalized spacial score (nSPS) is 11.5. The molecule has 1 atom stereocenters. The molecule has 0 radical (unpaired) electrons. The highest BCUT2D eigenvalue weighted by Gasteiger charge is 2.12. The molecule has 2 aromatic carbocycles. The van der Waals surface area contributed by atoms with Crippen LogP contribution in [0.2, 0.25) is 0 Å². The SMILES string of the molecule is CCC(CNC(=O)c1cccc(OCC(N)=O)c1)c1ccccc1. The summed E-state index contributed by atoms with van der Waals surface area (Å²) < 4.78 is 5.22. The van der Waals surface area contributed by atoms with Gasteiger partial charge in [-0.1, -0.05) is 43.3 Å². The number of carbonyl (C=O) groups is 2. The molecule has 2 aromatic rings. The molecular weight excluding hydrogens is 304 g/mol. The predicted octanol–water partition coefficient (Wildman–Crippen LogP) is 2.47. The van der Waals surface area contributed by atoms with E-state index < -0.39 is 5.91 Å². The maximum atomic E-state index is 12.3. The van der Waals surface area contributed by atoms with E-state index in [4.69, 9.17) is 10.5 Å². The summed E-state index contributed by atoms with van der Waals surface area (Å²) in [7, 11) is 0. The Kier molecular flexibility index (Phi) is 6.37. The first-order valence-electron chi connectivity index (χ1n) is 7.94. The van der Waals surface area contributed by atoms with Gasteiger partial charge in [0.25, 0.3) is 11.8 Å². The summed E-state index contributed by atoms with van der Waals surface area (Å²) in [5.41, 5.74) is 6.74. The fraction of sp³-hybridized carbons (Fsp3) is 0.263. The second kappa shape index (κ2) is 8.72. The highest BCUT2D eigenvalue weighted by atomic mass is 16.5. The van der Waals surface area contributed by atoms with E-state index in [2.05, 4.69) is 24.4 Å². The first-order valence-corrected chi connectivity index (χ1v) is 7.94. The number of ether oxygens (including phenoxy) is 1. The van der Waals surface area contributed by atoms with E-state index in [1.807, 2.05) is 18.2 Å². The van der Waals surface area contributed by atoms with Gasteiger partial charge in [0.05, 0.1) is 0 Å². The topological polar surface area (TPSA) is 81.4 Å². The number of carbonyl (C=O) groups excluding carboxylic acids is 2. The third-order valence-corrected chi connectivity index (χ3v) is 3.75. The fourth-order valence-electron chi connectivity index (χ4n) is 2.42. The van der Waals surface area contributed by atoms with Crippen molar-refractivity contribution in [1.29, 1.82) is 0 Å². The fourth-order valence-corrected chi connectivity index (χ4v) is 2.42. The van der Waals surface area contributed by atoms with Gasteiger partial charge in [0.15, 0.2) is 6.61 Å². The Morgan fingerprint density at radius 2 is 1.88 bits per heavy atom. The lowest BCUT2D eigenvalue weighted by molar-refractivity contribution is -0.119. The molecule has 126 valence electrons. The van der Waals surface area contributed by atoms with Gasteiger partial charge in [0, 0.05) is 18.0 Å². The van der Waals surface area contributed by atoms with Crippen molar-refractivity contribution in [1.82, 2.24) is 5.32 Å². The van der Waals surface area contributed by atoms with Gasteiger partial charge in [-0.05, 0) is 30.2 Å². The van der Waals surface area contributed by atoms with Crippen LogP contribution in [0.15, 0.2) is 54.6 Å². The van der Waals surface area contributed by atoms with Gasteiger partial charge in [0.2, 0.25) is 0 Å². The van der Waals surface area contributed by atoms with Crippen molar-refractivity contribution in [3.8, 4) is 5.75 Å². The molecule has 0 heterocycles. The number of hydrogen-bond acceptors (Lipinski definition) is 3. The van der Waals surface area contributed by atoms with Crippen LogP contribution in [0.5, 0.6) is 5.75 Å². The van der Waals surface area contributed by atoms with Crippen molar-refractivity contribution in [3.63, 3.8) is 0 Å². The Bertz CT molecular complexity index is 686. The maximum absolute atomic E-state index is 12.3. The lowest BCUT2D eigenvalue weighted by atomic mass is 9.96. The van der Waals surface area contributed by atoms with Crippen LogP contribution < -0.4 is 15.8 Å². The Morgan fingerprint density at radius 3 is 2.54 bits per heavy atom. The highest BCUT2D eigenvalue weighted by Crippen LogP contribution is 2.18. The van der Waals surface area contributed by atoms with Gasteiger partial charge in [-0.3, -0.25) is 9.59 Å².